The van der Waals surface area contributed by atoms with E-state index < -0.39 is 48.6 Å². The van der Waals surface area contributed by atoms with Crippen LogP contribution in [0.2, 0.25) is 0 Å². The van der Waals surface area contributed by atoms with Crippen LogP contribution < -0.4 is 4.57 Å². The Kier molecular flexibility index (Phi) is 6.56. The molecule has 198 valence electrons. The van der Waals surface area contributed by atoms with Crippen molar-refractivity contribution in [1.82, 2.24) is 4.98 Å². The summed E-state index contributed by atoms with van der Waals surface area (Å²) < 4.78 is 24.8. The number of rotatable bonds is 4. The van der Waals surface area contributed by atoms with Crippen molar-refractivity contribution in [3.05, 3.63) is 53.9 Å². The van der Waals surface area contributed by atoms with Crippen molar-refractivity contribution in [2.75, 3.05) is 0 Å². The molecule has 38 heavy (non-hydrogen) atoms. The number of aromatic nitrogens is 2. The van der Waals surface area contributed by atoms with Gasteiger partial charge in [-0.2, -0.15) is 4.57 Å². The lowest BCUT2D eigenvalue weighted by molar-refractivity contribution is -0.776. The Morgan fingerprint density at radius 1 is 0.816 bits per heavy atom. The largest absolute Gasteiger partial charge is 0.456 e. The Morgan fingerprint density at radius 2 is 1.45 bits per heavy atom. The zero-order chi connectivity index (χ0) is 27.3. The Hall–Kier alpha value is -3.98. The summed E-state index contributed by atoms with van der Waals surface area (Å²) in [4.78, 5) is 39.6. The standard InChI is InChI=1S/C29H30N2O7/c1-14-22-13-31(12-11-20(22)15(2)25-24(14)21-9-7-8-10-23(21)30-25)29-28(38-19(6)34)27(37-18(5)33)26(16(3)35-29)36-17(4)32/h7-13,16,26-29H,1-6H3/p+1/t16-,26+,27+,28-,29-/m0/s1. The molecule has 0 bridgehead atoms. The molecular formula is C29H31N2O7+. The van der Waals surface area contributed by atoms with Crippen LogP contribution in [-0.4, -0.2) is 47.3 Å². The number of carbonyl (C=O) groups excluding carboxylic acids is 3. The molecule has 4 aromatic rings. The predicted octanol–water partition coefficient (Wildman–Crippen LogP) is 4.09. The van der Waals surface area contributed by atoms with Crippen LogP contribution in [0.4, 0.5) is 0 Å². The summed E-state index contributed by atoms with van der Waals surface area (Å²) in [7, 11) is 0. The Bertz CT molecular complexity index is 1590. The number of esters is 3. The Morgan fingerprint density at radius 3 is 2.13 bits per heavy atom. The van der Waals surface area contributed by atoms with Gasteiger partial charge in [-0.1, -0.05) is 18.2 Å². The van der Waals surface area contributed by atoms with Crippen molar-refractivity contribution in [1.29, 1.82) is 0 Å². The number of nitrogens with zero attached hydrogens (tertiary/aromatic N) is 1. The molecule has 2 aromatic heterocycles. The second kappa shape index (κ2) is 9.72. The van der Waals surface area contributed by atoms with Crippen LogP contribution in [0.25, 0.3) is 32.6 Å². The number of hydrogen-bond donors (Lipinski definition) is 1. The molecule has 1 aliphatic heterocycles. The van der Waals surface area contributed by atoms with Crippen LogP contribution in [0.1, 0.15) is 45.0 Å². The first-order valence-corrected chi connectivity index (χ1v) is 12.6. The maximum atomic E-state index is 12.1. The van der Waals surface area contributed by atoms with Crippen LogP contribution >= 0.6 is 0 Å². The zero-order valence-corrected chi connectivity index (χ0v) is 22.2. The minimum Gasteiger partial charge on any atom is -0.456 e. The number of benzene rings is 2. The van der Waals surface area contributed by atoms with Gasteiger partial charge in [-0.25, -0.2) is 0 Å². The van der Waals surface area contributed by atoms with Crippen molar-refractivity contribution in [2.24, 2.45) is 0 Å². The van der Waals surface area contributed by atoms with E-state index in [9.17, 15) is 14.4 Å². The van der Waals surface area contributed by atoms with Gasteiger partial charge < -0.3 is 23.9 Å². The van der Waals surface area contributed by atoms with Crippen molar-refractivity contribution in [2.45, 2.75) is 72.2 Å². The van der Waals surface area contributed by atoms with Crippen molar-refractivity contribution in [3.8, 4) is 0 Å². The summed E-state index contributed by atoms with van der Waals surface area (Å²) in [5.74, 6) is -1.73. The number of aryl methyl sites for hydroxylation is 2. The summed E-state index contributed by atoms with van der Waals surface area (Å²) >= 11 is 0. The minimum atomic E-state index is -1.06. The number of H-pyrrole nitrogens is 1. The third-order valence-electron chi connectivity index (χ3n) is 7.19. The molecule has 1 aliphatic rings. The highest BCUT2D eigenvalue weighted by atomic mass is 16.7. The van der Waals surface area contributed by atoms with Crippen LogP contribution in [-0.2, 0) is 33.3 Å². The molecule has 0 saturated carbocycles. The second-order valence-electron chi connectivity index (χ2n) is 9.84. The number of para-hydroxylation sites is 1. The number of hydrogen-bond acceptors (Lipinski definition) is 7. The first-order valence-electron chi connectivity index (χ1n) is 12.6. The maximum absolute atomic E-state index is 12.1. The number of nitrogens with one attached hydrogen (secondary N) is 1. The van der Waals surface area contributed by atoms with Crippen LogP contribution in [0.3, 0.4) is 0 Å². The van der Waals surface area contributed by atoms with Gasteiger partial charge in [0.2, 0.25) is 6.10 Å². The SMILES string of the molecule is CC(=O)O[C@@H]1[C@H](OC(C)=O)[C@H](C)O[C@H]([n+]2ccc3c(C)c4[nH]c5ccccc5c4c(C)c3c2)[C@H]1OC(C)=O. The normalized spacial score (nSPS) is 23.5. The molecule has 1 N–H and O–H groups in total. The van der Waals surface area contributed by atoms with Crippen molar-refractivity contribution < 1.29 is 37.9 Å². The predicted molar refractivity (Wildman–Crippen MR) is 139 cm³/mol. The van der Waals surface area contributed by atoms with E-state index >= 15 is 0 Å². The lowest BCUT2D eigenvalue weighted by Crippen LogP contribution is -2.64. The fourth-order valence-corrected chi connectivity index (χ4v) is 5.61. The maximum Gasteiger partial charge on any atom is 0.304 e. The lowest BCUT2D eigenvalue weighted by Gasteiger charge is -2.41. The highest BCUT2D eigenvalue weighted by Gasteiger charge is 2.54. The average Bonchev–Trinajstić information content (AvgIpc) is 3.25. The molecule has 2 aromatic carbocycles. The quantitative estimate of drug-likeness (QED) is 0.246. The van der Waals surface area contributed by atoms with Crippen LogP contribution in [0.15, 0.2) is 42.7 Å². The lowest BCUT2D eigenvalue weighted by atomic mass is 9.95. The molecule has 5 atom stereocenters. The Labute approximate surface area is 219 Å². The van der Waals surface area contributed by atoms with Crippen LogP contribution in [0, 0.1) is 13.8 Å². The van der Waals surface area contributed by atoms with E-state index in [-0.39, 0.29) is 0 Å². The molecule has 1 saturated heterocycles. The van der Waals surface area contributed by atoms with Gasteiger partial charge in [0.05, 0.1) is 5.52 Å². The van der Waals surface area contributed by atoms with E-state index in [0.29, 0.717) is 0 Å². The smallest absolute Gasteiger partial charge is 0.304 e. The van der Waals surface area contributed by atoms with E-state index in [1.54, 1.807) is 6.92 Å². The molecule has 0 radical (unpaired) electrons. The molecule has 0 aliphatic carbocycles. The van der Waals surface area contributed by atoms with Crippen LogP contribution in [0.5, 0.6) is 0 Å². The number of fused-ring (bicyclic) bond motifs is 4. The molecule has 5 rings (SSSR count). The van der Waals surface area contributed by atoms with E-state index in [2.05, 4.69) is 31.0 Å². The fourth-order valence-electron chi connectivity index (χ4n) is 5.61. The number of ether oxygens (including phenoxy) is 4. The molecule has 0 spiro atoms. The Balaban J connectivity index is 1.67. The van der Waals surface area contributed by atoms with Crippen molar-refractivity contribution in [3.63, 3.8) is 0 Å². The van der Waals surface area contributed by atoms with Gasteiger partial charge in [-0.3, -0.25) is 14.4 Å². The van der Waals surface area contributed by atoms with E-state index in [4.69, 9.17) is 18.9 Å². The third kappa shape index (κ3) is 4.36. The second-order valence-corrected chi connectivity index (χ2v) is 9.84. The number of pyridine rings is 1. The topological polar surface area (TPSA) is 108 Å². The molecule has 0 amide bonds. The summed E-state index contributed by atoms with van der Waals surface area (Å²) in [5.41, 5.74) is 4.37. The number of aromatic amines is 1. The van der Waals surface area contributed by atoms with Crippen molar-refractivity contribution >= 4 is 50.5 Å². The highest BCUT2D eigenvalue weighted by molar-refractivity contribution is 6.16. The first kappa shape index (κ1) is 25.7. The summed E-state index contributed by atoms with van der Waals surface area (Å²) in [6.07, 6.45) is -0.741. The van der Waals surface area contributed by atoms with Gasteiger partial charge in [0.1, 0.15) is 6.10 Å². The molecule has 9 heteroatoms. The van der Waals surface area contributed by atoms with E-state index in [0.717, 1.165) is 43.7 Å². The number of carbonyl (C=O) groups is 3. The molecule has 9 nitrogen and oxygen atoms in total. The molecule has 1 fully saturated rings. The summed E-state index contributed by atoms with van der Waals surface area (Å²) in [6, 6.07) is 10.2. The summed E-state index contributed by atoms with van der Waals surface area (Å²) in [6.45, 7) is 9.69. The zero-order valence-electron chi connectivity index (χ0n) is 22.2. The van der Waals surface area contributed by atoms with Gasteiger partial charge in [0.25, 0.3) is 0 Å². The average molecular weight is 520 g/mol. The highest BCUT2D eigenvalue weighted by Crippen LogP contribution is 2.37. The fraction of sp³-hybridized carbons (Fsp3) is 0.379. The van der Waals surface area contributed by atoms with E-state index in [1.165, 1.54) is 20.8 Å². The van der Waals surface area contributed by atoms with Gasteiger partial charge in [-0.05, 0) is 43.4 Å². The van der Waals surface area contributed by atoms with Gasteiger partial charge >= 0.3 is 24.1 Å². The minimum absolute atomic E-state index is 0.560. The van der Waals surface area contributed by atoms with Gasteiger partial charge in [-0.15, -0.1) is 0 Å². The first-order chi connectivity index (χ1) is 18.1. The van der Waals surface area contributed by atoms with Gasteiger partial charge in [0, 0.05) is 48.5 Å². The van der Waals surface area contributed by atoms with E-state index in [1.807, 2.05) is 35.2 Å². The molecule has 3 heterocycles. The molecule has 0 unspecified atom stereocenters. The summed E-state index contributed by atoms with van der Waals surface area (Å²) in [5, 5.41) is 4.36. The van der Waals surface area contributed by atoms with Gasteiger partial charge in [0.15, 0.2) is 24.6 Å². The monoisotopic (exact) mass is 519 g/mol. The third-order valence-corrected chi connectivity index (χ3v) is 7.19. The molecular weight excluding hydrogens is 488 g/mol.